The maximum absolute atomic E-state index is 12.0. The first-order valence-corrected chi connectivity index (χ1v) is 8.08. The third-order valence-corrected chi connectivity index (χ3v) is 4.20. The van der Waals surface area contributed by atoms with Gasteiger partial charge in [0, 0.05) is 14.9 Å². The second kappa shape index (κ2) is 6.67. The smallest absolute Gasteiger partial charge is 0.272 e. The molecule has 0 aliphatic heterocycles. The van der Waals surface area contributed by atoms with Gasteiger partial charge in [-0.25, -0.2) is 5.43 Å². The molecular formula is C15H11BrN4OS. The van der Waals surface area contributed by atoms with Crippen molar-refractivity contribution >= 4 is 39.4 Å². The van der Waals surface area contributed by atoms with Gasteiger partial charge in [-0.1, -0.05) is 34.1 Å². The molecule has 0 spiro atoms. The molecule has 110 valence electrons. The Bertz CT molecular complexity index is 793. The van der Waals surface area contributed by atoms with Crippen LogP contribution in [-0.2, 0) is 0 Å². The van der Waals surface area contributed by atoms with Gasteiger partial charge in [0.15, 0.2) is 0 Å². The third-order valence-electron chi connectivity index (χ3n) is 2.86. The number of carbonyl (C=O) groups is 1. The van der Waals surface area contributed by atoms with Crippen LogP contribution in [0.25, 0.3) is 11.3 Å². The molecule has 0 aliphatic rings. The Morgan fingerprint density at radius 1 is 1.32 bits per heavy atom. The summed E-state index contributed by atoms with van der Waals surface area (Å²) in [6.07, 6.45) is 1.61. The Hall–Kier alpha value is -2.25. The standard InChI is InChI=1S/C15H11BrN4OS/c16-11-5-3-10(4-6-11)13-8-14(19-18-13)15(21)20-17-9-12-2-1-7-22-12/h1-9H,(H,18,19)(H,20,21). The maximum atomic E-state index is 12.0. The predicted octanol–water partition coefficient (Wildman–Crippen LogP) is 3.66. The molecule has 0 saturated carbocycles. The van der Waals surface area contributed by atoms with Crippen LogP contribution in [0, 0.1) is 0 Å². The Labute approximate surface area is 139 Å². The van der Waals surface area contributed by atoms with E-state index in [1.54, 1.807) is 23.6 Å². The summed E-state index contributed by atoms with van der Waals surface area (Å²) >= 11 is 4.93. The number of carbonyl (C=O) groups excluding carboxylic acids is 1. The number of H-pyrrole nitrogens is 1. The Kier molecular flexibility index (Phi) is 4.45. The van der Waals surface area contributed by atoms with Crippen LogP contribution in [0.5, 0.6) is 0 Å². The van der Waals surface area contributed by atoms with Gasteiger partial charge in [0.1, 0.15) is 5.69 Å². The number of aromatic amines is 1. The summed E-state index contributed by atoms with van der Waals surface area (Å²) in [4.78, 5) is 12.9. The summed E-state index contributed by atoms with van der Waals surface area (Å²) in [7, 11) is 0. The van der Waals surface area contributed by atoms with E-state index < -0.39 is 0 Å². The number of hydrazone groups is 1. The van der Waals surface area contributed by atoms with Crippen molar-refractivity contribution in [2.45, 2.75) is 0 Å². The van der Waals surface area contributed by atoms with Crippen LogP contribution in [0.3, 0.4) is 0 Å². The number of nitrogens with one attached hydrogen (secondary N) is 2. The van der Waals surface area contributed by atoms with E-state index in [-0.39, 0.29) is 5.91 Å². The SMILES string of the molecule is O=C(NN=Cc1cccs1)c1cc(-c2ccc(Br)cc2)n[nH]1. The number of hydrogen-bond acceptors (Lipinski definition) is 4. The zero-order chi connectivity index (χ0) is 15.4. The van der Waals surface area contributed by atoms with Gasteiger partial charge in [-0.2, -0.15) is 10.2 Å². The molecule has 5 nitrogen and oxygen atoms in total. The van der Waals surface area contributed by atoms with E-state index >= 15 is 0 Å². The lowest BCUT2D eigenvalue weighted by molar-refractivity contribution is 0.0950. The first-order valence-electron chi connectivity index (χ1n) is 6.40. The molecule has 2 N–H and O–H groups in total. The topological polar surface area (TPSA) is 70.1 Å². The predicted molar refractivity (Wildman–Crippen MR) is 91.1 cm³/mol. The zero-order valence-electron chi connectivity index (χ0n) is 11.3. The quantitative estimate of drug-likeness (QED) is 0.540. The van der Waals surface area contributed by atoms with E-state index in [0.717, 1.165) is 14.9 Å². The van der Waals surface area contributed by atoms with Gasteiger partial charge in [0.2, 0.25) is 0 Å². The van der Waals surface area contributed by atoms with Crippen LogP contribution in [0.4, 0.5) is 0 Å². The number of aromatic nitrogens is 2. The molecule has 0 fully saturated rings. The Balaban J connectivity index is 1.68. The number of rotatable bonds is 4. The second-order valence-corrected chi connectivity index (χ2v) is 6.28. The molecule has 2 heterocycles. The van der Waals surface area contributed by atoms with E-state index in [0.29, 0.717) is 11.4 Å². The summed E-state index contributed by atoms with van der Waals surface area (Å²) in [5.41, 5.74) is 4.47. The molecule has 1 aromatic carbocycles. The third kappa shape index (κ3) is 3.49. The van der Waals surface area contributed by atoms with Crippen molar-refractivity contribution in [2.75, 3.05) is 0 Å². The average Bonchev–Trinajstić information content (AvgIpc) is 3.19. The summed E-state index contributed by atoms with van der Waals surface area (Å²) in [5.74, 6) is -0.330. The van der Waals surface area contributed by atoms with E-state index in [1.807, 2.05) is 41.8 Å². The highest BCUT2D eigenvalue weighted by molar-refractivity contribution is 9.10. The summed E-state index contributed by atoms with van der Waals surface area (Å²) < 4.78 is 0.993. The zero-order valence-corrected chi connectivity index (χ0v) is 13.7. The molecule has 0 aliphatic carbocycles. The second-order valence-electron chi connectivity index (χ2n) is 4.39. The van der Waals surface area contributed by atoms with Crippen molar-refractivity contribution in [3.63, 3.8) is 0 Å². The van der Waals surface area contributed by atoms with Crippen molar-refractivity contribution in [3.05, 3.63) is 62.9 Å². The monoisotopic (exact) mass is 374 g/mol. The van der Waals surface area contributed by atoms with Crippen molar-refractivity contribution in [1.82, 2.24) is 15.6 Å². The summed E-state index contributed by atoms with van der Waals surface area (Å²) in [5, 5.41) is 12.7. The molecule has 7 heteroatoms. The maximum Gasteiger partial charge on any atom is 0.289 e. The fraction of sp³-hybridized carbons (Fsp3) is 0. The fourth-order valence-corrected chi connectivity index (χ4v) is 2.64. The highest BCUT2D eigenvalue weighted by Crippen LogP contribution is 2.20. The van der Waals surface area contributed by atoms with Gasteiger partial charge in [0.05, 0.1) is 11.9 Å². The van der Waals surface area contributed by atoms with E-state index in [4.69, 9.17) is 0 Å². The van der Waals surface area contributed by atoms with Gasteiger partial charge < -0.3 is 0 Å². The van der Waals surface area contributed by atoms with E-state index in [1.165, 1.54) is 0 Å². The van der Waals surface area contributed by atoms with Crippen molar-refractivity contribution < 1.29 is 4.79 Å². The van der Waals surface area contributed by atoms with Gasteiger partial charge in [-0.15, -0.1) is 11.3 Å². The number of hydrogen-bond donors (Lipinski definition) is 2. The first kappa shape index (κ1) is 14.7. The van der Waals surface area contributed by atoms with Crippen LogP contribution < -0.4 is 5.43 Å². The van der Waals surface area contributed by atoms with Gasteiger partial charge in [0.25, 0.3) is 5.91 Å². The average molecular weight is 375 g/mol. The molecule has 0 radical (unpaired) electrons. The molecular weight excluding hydrogens is 364 g/mol. The number of halogens is 1. The summed E-state index contributed by atoms with van der Waals surface area (Å²) in [6, 6.07) is 13.2. The van der Waals surface area contributed by atoms with Gasteiger partial charge in [-0.05, 0) is 29.6 Å². The van der Waals surface area contributed by atoms with Gasteiger partial charge >= 0.3 is 0 Å². The highest BCUT2D eigenvalue weighted by Gasteiger charge is 2.10. The van der Waals surface area contributed by atoms with Crippen LogP contribution in [0.2, 0.25) is 0 Å². The summed E-state index contributed by atoms with van der Waals surface area (Å²) in [6.45, 7) is 0. The largest absolute Gasteiger partial charge is 0.289 e. The van der Waals surface area contributed by atoms with Crippen molar-refractivity contribution in [1.29, 1.82) is 0 Å². The van der Waals surface area contributed by atoms with Crippen LogP contribution in [0.15, 0.2) is 57.4 Å². The molecule has 0 unspecified atom stereocenters. The molecule has 0 atom stereocenters. The van der Waals surface area contributed by atoms with Crippen LogP contribution in [-0.4, -0.2) is 22.3 Å². The molecule has 3 aromatic rings. The normalized spacial score (nSPS) is 11.0. The van der Waals surface area contributed by atoms with E-state index in [9.17, 15) is 4.79 Å². The Morgan fingerprint density at radius 3 is 2.86 bits per heavy atom. The first-order chi connectivity index (χ1) is 10.7. The highest BCUT2D eigenvalue weighted by atomic mass is 79.9. The number of amides is 1. The van der Waals surface area contributed by atoms with Crippen molar-refractivity contribution in [3.8, 4) is 11.3 Å². The lowest BCUT2D eigenvalue weighted by Gasteiger charge is -1.95. The number of benzene rings is 1. The minimum Gasteiger partial charge on any atom is -0.272 e. The lowest BCUT2D eigenvalue weighted by Crippen LogP contribution is -2.17. The van der Waals surface area contributed by atoms with Crippen molar-refractivity contribution in [2.24, 2.45) is 5.10 Å². The molecule has 1 amide bonds. The number of nitrogens with zero attached hydrogens (tertiary/aromatic N) is 2. The fourth-order valence-electron chi connectivity index (χ4n) is 1.79. The lowest BCUT2D eigenvalue weighted by atomic mass is 10.1. The molecule has 2 aromatic heterocycles. The van der Waals surface area contributed by atoms with Crippen LogP contribution in [0.1, 0.15) is 15.4 Å². The van der Waals surface area contributed by atoms with Gasteiger partial charge in [-0.3, -0.25) is 9.89 Å². The van der Waals surface area contributed by atoms with Crippen LogP contribution >= 0.6 is 27.3 Å². The number of thiophene rings is 1. The minimum atomic E-state index is -0.330. The minimum absolute atomic E-state index is 0.330. The van der Waals surface area contributed by atoms with E-state index in [2.05, 4.69) is 36.7 Å². The molecule has 0 bridgehead atoms. The molecule has 0 saturated heterocycles. The molecule has 22 heavy (non-hydrogen) atoms. The molecule has 3 rings (SSSR count). The Morgan fingerprint density at radius 2 is 2.14 bits per heavy atom.